The average Bonchev–Trinajstić information content (AvgIpc) is 1.95. The summed E-state index contributed by atoms with van der Waals surface area (Å²) < 4.78 is 0.956. The lowest BCUT2D eigenvalue weighted by Gasteiger charge is -1.98. The smallest absolute Gasteiger partial charge is 0.291 e. The molecular formula is C4H6N4OS. The fourth-order valence-electron chi connectivity index (χ4n) is 0.471. The molecule has 2 N–H and O–H groups in total. The van der Waals surface area contributed by atoms with E-state index in [1.807, 2.05) is 0 Å². The molecule has 0 fully saturated rings. The summed E-state index contributed by atoms with van der Waals surface area (Å²) in [7, 11) is 0. The van der Waals surface area contributed by atoms with Gasteiger partial charge in [-0.1, -0.05) is 11.8 Å². The molecule has 0 saturated heterocycles. The third-order valence-electron chi connectivity index (χ3n) is 0.938. The van der Waals surface area contributed by atoms with E-state index in [2.05, 4.69) is 10.2 Å². The lowest BCUT2D eigenvalue weighted by atomic mass is 10.8. The molecule has 6 heteroatoms. The zero-order chi connectivity index (χ0) is 7.56. The van der Waals surface area contributed by atoms with E-state index in [1.165, 1.54) is 11.8 Å². The van der Waals surface area contributed by atoms with Crippen LogP contribution in [-0.4, -0.2) is 21.1 Å². The van der Waals surface area contributed by atoms with Crippen LogP contribution in [-0.2, 0) is 0 Å². The molecule has 0 aromatic carbocycles. The second kappa shape index (κ2) is 2.70. The van der Waals surface area contributed by atoms with Crippen molar-refractivity contribution in [1.82, 2.24) is 14.9 Å². The lowest BCUT2D eigenvalue weighted by Crippen LogP contribution is -2.29. The maximum Gasteiger partial charge on any atom is 0.291 e. The summed E-state index contributed by atoms with van der Waals surface area (Å²) in [5, 5.41) is 7.45. The van der Waals surface area contributed by atoms with Crippen LogP contribution < -0.4 is 11.4 Å². The van der Waals surface area contributed by atoms with E-state index < -0.39 is 0 Å². The van der Waals surface area contributed by atoms with Crippen LogP contribution in [0, 0.1) is 0 Å². The van der Waals surface area contributed by atoms with Gasteiger partial charge in [-0.2, -0.15) is 9.77 Å². The van der Waals surface area contributed by atoms with Gasteiger partial charge >= 0.3 is 0 Å². The van der Waals surface area contributed by atoms with Gasteiger partial charge in [0, 0.05) is 0 Å². The van der Waals surface area contributed by atoms with Crippen LogP contribution in [0.3, 0.4) is 0 Å². The van der Waals surface area contributed by atoms with Crippen LogP contribution in [0.15, 0.2) is 16.1 Å². The highest BCUT2D eigenvalue weighted by Gasteiger charge is 1.98. The van der Waals surface area contributed by atoms with Gasteiger partial charge < -0.3 is 5.84 Å². The summed E-state index contributed by atoms with van der Waals surface area (Å²) in [6.45, 7) is 0. The van der Waals surface area contributed by atoms with Crippen molar-refractivity contribution in [2.75, 3.05) is 12.1 Å². The zero-order valence-corrected chi connectivity index (χ0v) is 6.13. The van der Waals surface area contributed by atoms with Crippen LogP contribution in [0.1, 0.15) is 0 Å². The van der Waals surface area contributed by atoms with E-state index in [0.717, 1.165) is 10.9 Å². The Morgan fingerprint density at radius 1 is 1.80 bits per heavy atom. The fourth-order valence-corrected chi connectivity index (χ4v) is 0.887. The minimum Gasteiger partial charge on any atom is -0.334 e. The van der Waals surface area contributed by atoms with E-state index >= 15 is 0 Å². The summed E-state index contributed by atoms with van der Waals surface area (Å²) >= 11 is 1.27. The van der Waals surface area contributed by atoms with Crippen LogP contribution in [0.25, 0.3) is 0 Å². The Morgan fingerprint density at radius 2 is 2.50 bits per heavy atom. The Balaban J connectivity index is 3.28. The van der Waals surface area contributed by atoms with Crippen LogP contribution in [0.4, 0.5) is 0 Å². The number of hydrogen-bond acceptors (Lipinski definition) is 5. The molecule has 1 aromatic rings. The molecule has 0 spiro atoms. The van der Waals surface area contributed by atoms with E-state index in [0.29, 0.717) is 5.16 Å². The molecule has 0 unspecified atom stereocenters. The first-order chi connectivity index (χ1) is 4.75. The molecule has 0 saturated carbocycles. The van der Waals surface area contributed by atoms with Crippen LogP contribution >= 0.6 is 11.8 Å². The fraction of sp³-hybridized carbons (Fsp3) is 0.250. The molecule has 0 bridgehead atoms. The summed E-state index contributed by atoms with van der Waals surface area (Å²) in [6, 6.07) is 0. The average molecular weight is 158 g/mol. The number of nitrogens with zero attached hydrogens (tertiary/aromatic N) is 3. The predicted molar refractivity (Wildman–Crippen MR) is 38.2 cm³/mol. The van der Waals surface area contributed by atoms with Crippen molar-refractivity contribution in [1.29, 1.82) is 0 Å². The summed E-state index contributed by atoms with van der Waals surface area (Å²) in [6.07, 6.45) is 2.84. The monoisotopic (exact) mass is 158 g/mol. The molecule has 0 aliphatic carbocycles. The van der Waals surface area contributed by atoms with E-state index in [9.17, 15) is 4.79 Å². The minimum atomic E-state index is -0.348. The third kappa shape index (κ3) is 1.10. The molecule has 54 valence electrons. The highest BCUT2D eigenvalue weighted by molar-refractivity contribution is 7.98. The Labute approximate surface area is 61.2 Å². The second-order valence-electron chi connectivity index (χ2n) is 1.54. The summed E-state index contributed by atoms with van der Waals surface area (Å²) in [5.41, 5.74) is -0.348. The van der Waals surface area contributed by atoms with E-state index in [-0.39, 0.29) is 5.56 Å². The first kappa shape index (κ1) is 7.07. The van der Waals surface area contributed by atoms with Crippen molar-refractivity contribution < 1.29 is 0 Å². The molecule has 0 radical (unpaired) electrons. The maximum absolute atomic E-state index is 10.7. The summed E-state index contributed by atoms with van der Waals surface area (Å²) in [4.78, 5) is 10.7. The van der Waals surface area contributed by atoms with E-state index in [4.69, 9.17) is 5.84 Å². The topological polar surface area (TPSA) is 73.8 Å². The number of nitrogen functional groups attached to an aromatic ring is 1. The Morgan fingerprint density at radius 3 is 3.00 bits per heavy atom. The molecular weight excluding hydrogens is 152 g/mol. The van der Waals surface area contributed by atoms with Gasteiger partial charge in [-0.05, 0) is 6.26 Å². The van der Waals surface area contributed by atoms with Gasteiger partial charge in [-0.15, -0.1) is 5.10 Å². The van der Waals surface area contributed by atoms with Gasteiger partial charge in [0.1, 0.15) is 6.20 Å². The first-order valence-corrected chi connectivity index (χ1v) is 3.72. The Hall–Kier alpha value is -1.04. The lowest BCUT2D eigenvalue weighted by molar-refractivity contribution is 0.699. The van der Waals surface area contributed by atoms with Gasteiger partial charge in [-0.25, -0.2) is 0 Å². The van der Waals surface area contributed by atoms with Crippen molar-refractivity contribution >= 4 is 11.8 Å². The first-order valence-electron chi connectivity index (χ1n) is 2.49. The van der Waals surface area contributed by atoms with Crippen molar-refractivity contribution in [2.24, 2.45) is 0 Å². The molecule has 1 heterocycles. The molecule has 0 aliphatic rings. The number of aromatic nitrogens is 3. The van der Waals surface area contributed by atoms with Gasteiger partial charge in [0.05, 0.1) is 0 Å². The Bertz CT molecular complexity index is 283. The number of nitrogens with two attached hydrogens (primary N) is 1. The van der Waals surface area contributed by atoms with Crippen molar-refractivity contribution in [2.45, 2.75) is 5.16 Å². The van der Waals surface area contributed by atoms with Crippen LogP contribution in [0.5, 0.6) is 0 Å². The molecule has 1 rings (SSSR count). The Kier molecular flexibility index (Phi) is 1.91. The highest BCUT2D eigenvalue weighted by atomic mass is 32.2. The minimum absolute atomic E-state index is 0.348. The molecule has 5 nitrogen and oxygen atoms in total. The SMILES string of the molecule is CSc1nncc(=O)n1N. The largest absolute Gasteiger partial charge is 0.334 e. The standard InChI is InChI=1S/C4H6N4OS/c1-10-4-7-6-2-3(9)8(4)5/h2H,5H2,1H3. The maximum atomic E-state index is 10.7. The van der Waals surface area contributed by atoms with Gasteiger partial charge in [0.25, 0.3) is 5.56 Å². The molecule has 0 aliphatic heterocycles. The highest BCUT2D eigenvalue weighted by Crippen LogP contribution is 2.02. The second-order valence-corrected chi connectivity index (χ2v) is 2.31. The van der Waals surface area contributed by atoms with Gasteiger partial charge in [0.15, 0.2) is 0 Å². The molecule has 0 atom stereocenters. The van der Waals surface area contributed by atoms with E-state index in [1.54, 1.807) is 6.26 Å². The third-order valence-corrected chi connectivity index (χ3v) is 1.58. The normalized spacial score (nSPS) is 9.70. The van der Waals surface area contributed by atoms with Crippen molar-refractivity contribution in [3.05, 3.63) is 16.6 Å². The van der Waals surface area contributed by atoms with Crippen molar-refractivity contribution in [3.8, 4) is 0 Å². The molecule has 0 amide bonds. The number of rotatable bonds is 1. The number of thioether (sulfide) groups is 1. The van der Waals surface area contributed by atoms with Gasteiger partial charge in [-0.3, -0.25) is 4.79 Å². The van der Waals surface area contributed by atoms with Gasteiger partial charge in [0.2, 0.25) is 5.16 Å². The van der Waals surface area contributed by atoms with Crippen molar-refractivity contribution in [3.63, 3.8) is 0 Å². The summed E-state index contributed by atoms with van der Waals surface area (Å²) in [5.74, 6) is 5.27. The number of hydrogen-bond donors (Lipinski definition) is 1. The quantitative estimate of drug-likeness (QED) is 0.422. The van der Waals surface area contributed by atoms with Crippen LogP contribution in [0.2, 0.25) is 0 Å². The predicted octanol–water partition coefficient (Wildman–Crippen LogP) is -0.926. The molecule has 10 heavy (non-hydrogen) atoms. The molecule has 1 aromatic heterocycles. The zero-order valence-electron chi connectivity index (χ0n) is 5.31.